The minimum Gasteiger partial charge on any atom is -0.462 e. The number of esters is 1. The number of hydrogen-bond acceptors (Lipinski definition) is 3. The number of aryl methyl sites for hydroxylation is 1. The zero-order chi connectivity index (χ0) is 12.1. The van der Waals surface area contributed by atoms with Gasteiger partial charge in [-0.25, -0.2) is 0 Å². The van der Waals surface area contributed by atoms with Crippen molar-refractivity contribution in [3.8, 4) is 0 Å². The molecule has 0 bridgehead atoms. The van der Waals surface area contributed by atoms with Gasteiger partial charge in [-0.2, -0.15) is 0 Å². The monoisotopic (exact) mass is 234 g/mol. The molecule has 1 fully saturated rings. The summed E-state index contributed by atoms with van der Waals surface area (Å²) in [4.78, 5) is 11.1. The smallest absolute Gasteiger partial charge is 0.308 e. The molecule has 1 saturated heterocycles. The molecular formula is C14H18O3. The van der Waals surface area contributed by atoms with Gasteiger partial charge in [-0.1, -0.05) is 30.3 Å². The van der Waals surface area contributed by atoms with Crippen LogP contribution in [0.3, 0.4) is 0 Å². The van der Waals surface area contributed by atoms with Gasteiger partial charge in [-0.3, -0.25) is 4.79 Å². The molecular weight excluding hydrogens is 216 g/mol. The molecule has 1 heterocycles. The maximum atomic E-state index is 11.1. The van der Waals surface area contributed by atoms with E-state index in [1.54, 1.807) is 0 Å². The van der Waals surface area contributed by atoms with E-state index in [9.17, 15) is 9.90 Å². The fourth-order valence-electron chi connectivity index (χ4n) is 2.22. The quantitative estimate of drug-likeness (QED) is 0.811. The molecule has 1 N–H and O–H groups in total. The lowest BCUT2D eigenvalue weighted by molar-refractivity contribution is -0.160. The molecule has 0 amide bonds. The largest absolute Gasteiger partial charge is 0.462 e. The first-order valence-corrected chi connectivity index (χ1v) is 6.15. The Morgan fingerprint density at radius 2 is 2.06 bits per heavy atom. The lowest BCUT2D eigenvalue weighted by Gasteiger charge is -2.25. The van der Waals surface area contributed by atoms with Gasteiger partial charge in [0.1, 0.15) is 6.10 Å². The highest BCUT2D eigenvalue weighted by atomic mass is 16.5. The summed E-state index contributed by atoms with van der Waals surface area (Å²) in [6.45, 7) is 0. The minimum atomic E-state index is -0.516. The summed E-state index contributed by atoms with van der Waals surface area (Å²) >= 11 is 0. The standard InChI is InChI=1S/C14H18O3/c15-12-9-13(17-14(16)10-12)8-4-7-11-5-2-1-3-6-11/h1-3,5-6,12-13,15H,4,7-10H2. The van der Waals surface area contributed by atoms with Gasteiger partial charge in [0.25, 0.3) is 0 Å². The van der Waals surface area contributed by atoms with Gasteiger partial charge in [0.05, 0.1) is 12.5 Å². The Morgan fingerprint density at radius 1 is 1.29 bits per heavy atom. The first-order chi connectivity index (χ1) is 8.24. The first kappa shape index (κ1) is 12.1. The second-order valence-electron chi connectivity index (χ2n) is 4.58. The van der Waals surface area contributed by atoms with Crippen LogP contribution >= 0.6 is 0 Å². The lowest BCUT2D eigenvalue weighted by atomic mass is 9.99. The van der Waals surface area contributed by atoms with Gasteiger partial charge in [-0.15, -0.1) is 0 Å². The van der Waals surface area contributed by atoms with Crippen molar-refractivity contribution in [2.75, 3.05) is 0 Å². The fourth-order valence-corrected chi connectivity index (χ4v) is 2.22. The van der Waals surface area contributed by atoms with Gasteiger partial charge in [0.2, 0.25) is 0 Å². The van der Waals surface area contributed by atoms with Crippen molar-refractivity contribution in [1.29, 1.82) is 0 Å². The number of aliphatic hydroxyl groups is 1. The van der Waals surface area contributed by atoms with Crippen LogP contribution in [0.15, 0.2) is 30.3 Å². The van der Waals surface area contributed by atoms with E-state index in [4.69, 9.17) is 4.74 Å². The lowest BCUT2D eigenvalue weighted by Crippen LogP contribution is -2.32. The van der Waals surface area contributed by atoms with Crippen molar-refractivity contribution in [2.45, 2.75) is 44.3 Å². The molecule has 3 nitrogen and oxygen atoms in total. The zero-order valence-corrected chi connectivity index (χ0v) is 9.84. The Labute approximate surface area is 101 Å². The Morgan fingerprint density at radius 3 is 2.76 bits per heavy atom. The third kappa shape index (κ3) is 3.86. The summed E-state index contributed by atoms with van der Waals surface area (Å²) in [6, 6.07) is 10.3. The van der Waals surface area contributed by atoms with Crippen LogP contribution in [0.5, 0.6) is 0 Å². The van der Waals surface area contributed by atoms with Crippen molar-refractivity contribution in [1.82, 2.24) is 0 Å². The number of ether oxygens (including phenoxy) is 1. The molecule has 0 radical (unpaired) electrons. The Hall–Kier alpha value is -1.35. The molecule has 2 atom stereocenters. The topological polar surface area (TPSA) is 46.5 Å². The fraction of sp³-hybridized carbons (Fsp3) is 0.500. The van der Waals surface area contributed by atoms with E-state index in [0.717, 1.165) is 19.3 Å². The summed E-state index contributed by atoms with van der Waals surface area (Å²) in [5.74, 6) is -0.270. The second kappa shape index (κ2) is 5.82. The van der Waals surface area contributed by atoms with Crippen molar-refractivity contribution in [3.05, 3.63) is 35.9 Å². The Balaban J connectivity index is 1.73. The predicted molar refractivity (Wildman–Crippen MR) is 64.5 cm³/mol. The van der Waals surface area contributed by atoms with Crippen LogP contribution in [0.2, 0.25) is 0 Å². The highest BCUT2D eigenvalue weighted by Crippen LogP contribution is 2.19. The first-order valence-electron chi connectivity index (χ1n) is 6.15. The molecule has 0 spiro atoms. The molecule has 0 aliphatic carbocycles. The second-order valence-corrected chi connectivity index (χ2v) is 4.58. The average Bonchev–Trinajstić information content (AvgIpc) is 2.29. The Bertz CT molecular complexity index is 361. The van der Waals surface area contributed by atoms with Gasteiger partial charge in [0.15, 0.2) is 0 Å². The Kier molecular flexibility index (Phi) is 4.15. The van der Waals surface area contributed by atoms with Crippen molar-refractivity contribution in [2.24, 2.45) is 0 Å². The normalized spacial score (nSPS) is 24.4. The molecule has 0 aromatic heterocycles. The molecule has 1 aromatic carbocycles. The number of aliphatic hydroxyl groups excluding tert-OH is 1. The van der Waals surface area contributed by atoms with Gasteiger partial charge in [-0.05, 0) is 24.8 Å². The predicted octanol–water partition coefficient (Wildman–Crippen LogP) is 2.08. The molecule has 0 saturated carbocycles. The number of carbonyl (C=O) groups is 1. The summed E-state index contributed by atoms with van der Waals surface area (Å²) in [5.41, 5.74) is 1.30. The van der Waals surface area contributed by atoms with Gasteiger partial charge in [0, 0.05) is 6.42 Å². The van der Waals surface area contributed by atoms with E-state index in [0.29, 0.717) is 6.42 Å². The van der Waals surface area contributed by atoms with E-state index < -0.39 is 6.10 Å². The van der Waals surface area contributed by atoms with Crippen molar-refractivity contribution >= 4 is 5.97 Å². The molecule has 1 aliphatic rings. The van der Waals surface area contributed by atoms with E-state index in [1.807, 2.05) is 18.2 Å². The van der Waals surface area contributed by atoms with Crippen molar-refractivity contribution in [3.63, 3.8) is 0 Å². The minimum absolute atomic E-state index is 0.102. The van der Waals surface area contributed by atoms with Crippen molar-refractivity contribution < 1.29 is 14.6 Å². The van der Waals surface area contributed by atoms with Crippen LogP contribution < -0.4 is 0 Å². The van der Waals surface area contributed by atoms with Gasteiger partial charge < -0.3 is 9.84 Å². The van der Waals surface area contributed by atoms with Crippen LogP contribution in [0.4, 0.5) is 0 Å². The molecule has 92 valence electrons. The molecule has 2 rings (SSSR count). The summed E-state index contributed by atoms with van der Waals surface area (Å²) in [6.07, 6.45) is 2.92. The molecule has 17 heavy (non-hydrogen) atoms. The van der Waals surface area contributed by atoms with Crippen LogP contribution in [0.1, 0.15) is 31.2 Å². The molecule has 1 aromatic rings. The molecule has 3 heteroatoms. The number of rotatable bonds is 4. The number of carbonyl (C=O) groups excluding carboxylic acids is 1. The third-order valence-electron chi connectivity index (χ3n) is 3.07. The SMILES string of the molecule is O=C1CC(O)CC(CCCc2ccccc2)O1. The van der Waals surface area contributed by atoms with E-state index in [1.165, 1.54) is 5.56 Å². The summed E-state index contributed by atoms with van der Waals surface area (Å²) in [7, 11) is 0. The highest BCUT2D eigenvalue weighted by molar-refractivity contribution is 5.70. The molecule has 2 unspecified atom stereocenters. The van der Waals surface area contributed by atoms with Crippen LogP contribution in [-0.2, 0) is 16.0 Å². The van der Waals surface area contributed by atoms with Crippen LogP contribution in [-0.4, -0.2) is 23.3 Å². The summed E-state index contributed by atoms with van der Waals surface area (Å²) < 4.78 is 5.20. The zero-order valence-electron chi connectivity index (χ0n) is 9.84. The highest BCUT2D eigenvalue weighted by Gasteiger charge is 2.26. The summed E-state index contributed by atoms with van der Waals surface area (Å²) in [5, 5.41) is 9.47. The number of benzene rings is 1. The van der Waals surface area contributed by atoms with Crippen LogP contribution in [0.25, 0.3) is 0 Å². The van der Waals surface area contributed by atoms with Crippen LogP contribution in [0, 0.1) is 0 Å². The molecule has 1 aliphatic heterocycles. The van der Waals surface area contributed by atoms with Gasteiger partial charge >= 0.3 is 5.97 Å². The van der Waals surface area contributed by atoms with E-state index in [-0.39, 0.29) is 18.5 Å². The van der Waals surface area contributed by atoms with E-state index in [2.05, 4.69) is 12.1 Å². The number of hydrogen-bond donors (Lipinski definition) is 1. The number of cyclic esters (lactones) is 1. The maximum absolute atomic E-state index is 11.1. The average molecular weight is 234 g/mol. The van der Waals surface area contributed by atoms with E-state index >= 15 is 0 Å². The third-order valence-corrected chi connectivity index (χ3v) is 3.07. The maximum Gasteiger partial charge on any atom is 0.308 e.